The van der Waals surface area contributed by atoms with E-state index in [1.54, 1.807) is 0 Å². The van der Waals surface area contributed by atoms with Gasteiger partial charge in [0.15, 0.2) is 0 Å². The van der Waals surface area contributed by atoms with Gasteiger partial charge in [0.1, 0.15) is 0 Å². The molecule has 0 saturated carbocycles. The van der Waals surface area contributed by atoms with Crippen LogP contribution in [0.5, 0.6) is 0 Å². The van der Waals surface area contributed by atoms with Crippen molar-refractivity contribution in [2.75, 3.05) is 30.5 Å². The normalized spacial score (nSPS) is 10.2. The van der Waals surface area contributed by atoms with Crippen LogP contribution >= 0.6 is 34.2 Å². The molecule has 0 aliphatic heterocycles. The van der Waals surface area contributed by atoms with Crippen molar-refractivity contribution in [2.45, 2.75) is 6.92 Å². The third kappa shape index (κ3) is 9.01. The first-order chi connectivity index (χ1) is 4.91. The van der Waals surface area contributed by atoms with Gasteiger partial charge in [-0.3, -0.25) is 0 Å². The van der Waals surface area contributed by atoms with Gasteiger partial charge in [-0.05, 0) is 6.92 Å². The molecule has 0 aromatic carbocycles. The quantitative estimate of drug-likeness (QED) is 0.382. The summed E-state index contributed by atoms with van der Waals surface area (Å²) in [7, 11) is 3.72. The zero-order chi connectivity index (χ0) is 7.66. The van der Waals surface area contributed by atoms with E-state index in [9.17, 15) is 0 Å². The fraction of sp³-hybridized carbons (Fsp3) is 1.00. The lowest BCUT2D eigenvalue weighted by atomic mass is 10.8. The molecule has 0 spiro atoms. The Morgan fingerprint density at radius 2 is 2.00 bits per heavy atom. The van der Waals surface area contributed by atoms with Crippen molar-refractivity contribution in [1.82, 2.24) is 0 Å². The number of hydrogen-bond acceptors (Lipinski definition) is 4. The van der Waals surface area contributed by atoms with Crippen LogP contribution in [0.15, 0.2) is 0 Å². The molecule has 0 fully saturated rings. The third-order valence-corrected chi connectivity index (χ3v) is 3.67. The maximum Gasteiger partial charge on any atom is 0.0564 e. The molecule has 0 atom stereocenters. The molecule has 0 aliphatic rings. The summed E-state index contributed by atoms with van der Waals surface area (Å²) in [5.41, 5.74) is 0. The highest BCUT2D eigenvalue weighted by atomic mass is 33.1. The highest BCUT2D eigenvalue weighted by Crippen LogP contribution is 2.20. The molecule has 0 rings (SSSR count). The van der Waals surface area contributed by atoms with Gasteiger partial charge >= 0.3 is 0 Å². The predicted octanol–water partition coefficient (Wildman–Crippen LogP) is 2.33. The minimum Gasteiger partial charge on any atom is -0.381 e. The molecule has 1 nitrogen and oxygen atoms in total. The molecule has 0 saturated heterocycles. The van der Waals surface area contributed by atoms with Crippen LogP contribution in [0.3, 0.4) is 0 Å². The second-order valence-electron chi connectivity index (χ2n) is 1.56. The van der Waals surface area contributed by atoms with Gasteiger partial charge in [0.2, 0.25) is 0 Å². The Balaban J connectivity index is 2.65. The van der Waals surface area contributed by atoms with E-state index in [0.29, 0.717) is 0 Å². The number of hydrogen-bond donors (Lipinski definition) is 1. The highest BCUT2D eigenvalue weighted by Gasteiger charge is 1.88. The summed E-state index contributed by atoms with van der Waals surface area (Å²) >= 11 is 4.10. The van der Waals surface area contributed by atoms with Crippen molar-refractivity contribution in [3.63, 3.8) is 0 Å². The van der Waals surface area contributed by atoms with Crippen LogP contribution in [0.1, 0.15) is 6.92 Å². The molecular weight excluding hydrogens is 184 g/mol. The standard InChI is InChI=1S/C6H14OS3/c1-2-7-3-5-9-10-6-4-8/h8H,2-6H2,1H3. The summed E-state index contributed by atoms with van der Waals surface area (Å²) in [5, 5.41) is 0. The largest absolute Gasteiger partial charge is 0.381 e. The van der Waals surface area contributed by atoms with Crippen molar-refractivity contribution in [3.05, 3.63) is 0 Å². The minimum atomic E-state index is 0.831. The Morgan fingerprint density at radius 1 is 1.30 bits per heavy atom. The number of thiol groups is 1. The summed E-state index contributed by atoms with van der Waals surface area (Å²) in [6, 6.07) is 0. The van der Waals surface area contributed by atoms with Gasteiger partial charge in [0.05, 0.1) is 6.61 Å². The molecule has 4 heteroatoms. The van der Waals surface area contributed by atoms with E-state index >= 15 is 0 Å². The topological polar surface area (TPSA) is 9.23 Å². The van der Waals surface area contributed by atoms with Crippen molar-refractivity contribution in [2.24, 2.45) is 0 Å². The van der Waals surface area contributed by atoms with Crippen LogP contribution in [-0.4, -0.2) is 30.5 Å². The molecule has 0 aliphatic carbocycles. The molecule has 0 N–H and O–H groups in total. The zero-order valence-corrected chi connectivity index (χ0v) is 8.73. The molecule has 0 bridgehead atoms. The van der Waals surface area contributed by atoms with Crippen molar-refractivity contribution >= 4 is 34.2 Å². The van der Waals surface area contributed by atoms with Crippen molar-refractivity contribution in [3.8, 4) is 0 Å². The summed E-state index contributed by atoms with van der Waals surface area (Å²) in [6.07, 6.45) is 0. The first-order valence-corrected chi connectivity index (χ1v) is 6.47. The highest BCUT2D eigenvalue weighted by molar-refractivity contribution is 8.76. The van der Waals surface area contributed by atoms with Crippen LogP contribution in [0.25, 0.3) is 0 Å². The van der Waals surface area contributed by atoms with Crippen LogP contribution in [0, 0.1) is 0 Å². The Morgan fingerprint density at radius 3 is 2.60 bits per heavy atom. The van der Waals surface area contributed by atoms with Gasteiger partial charge in [-0.15, -0.1) is 0 Å². The van der Waals surface area contributed by atoms with Crippen molar-refractivity contribution in [1.29, 1.82) is 0 Å². The molecule has 10 heavy (non-hydrogen) atoms. The number of rotatable bonds is 7. The molecule has 0 aromatic rings. The van der Waals surface area contributed by atoms with Gasteiger partial charge in [-0.25, -0.2) is 0 Å². The second-order valence-corrected chi connectivity index (χ2v) is 4.71. The van der Waals surface area contributed by atoms with Gasteiger partial charge in [0.25, 0.3) is 0 Å². The lowest BCUT2D eigenvalue weighted by Gasteiger charge is -1.98. The maximum absolute atomic E-state index is 5.16. The molecule has 62 valence electrons. The Hall–Kier alpha value is 1.01. The van der Waals surface area contributed by atoms with Crippen LogP contribution in [0.4, 0.5) is 0 Å². The Kier molecular flexibility index (Phi) is 11.0. The molecule has 0 heterocycles. The molecule has 0 aromatic heterocycles. The number of ether oxygens (including phenoxy) is 1. The second kappa shape index (κ2) is 10.0. The van der Waals surface area contributed by atoms with Crippen LogP contribution in [0.2, 0.25) is 0 Å². The summed E-state index contributed by atoms with van der Waals surface area (Å²) in [5.74, 6) is 3.18. The average Bonchev–Trinajstić information content (AvgIpc) is 1.97. The van der Waals surface area contributed by atoms with Gasteiger partial charge < -0.3 is 4.74 Å². The summed E-state index contributed by atoms with van der Waals surface area (Å²) < 4.78 is 5.16. The van der Waals surface area contributed by atoms with E-state index < -0.39 is 0 Å². The van der Waals surface area contributed by atoms with E-state index in [1.807, 2.05) is 28.5 Å². The van der Waals surface area contributed by atoms with E-state index in [-0.39, 0.29) is 0 Å². The maximum atomic E-state index is 5.16. The first kappa shape index (κ1) is 11.0. The van der Waals surface area contributed by atoms with E-state index in [2.05, 4.69) is 12.6 Å². The van der Waals surface area contributed by atoms with Crippen LogP contribution in [-0.2, 0) is 4.74 Å². The van der Waals surface area contributed by atoms with E-state index in [4.69, 9.17) is 4.74 Å². The van der Waals surface area contributed by atoms with Crippen LogP contribution < -0.4 is 0 Å². The Labute approximate surface area is 76.5 Å². The Bertz CT molecular complexity index is 53.0. The molecular formula is C6H14OS3. The molecule has 0 amide bonds. The lowest BCUT2D eigenvalue weighted by molar-refractivity contribution is 0.165. The monoisotopic (exact) mass is 198 g/mol. The summed E-state index contributed by atoms with van der Waals surface area (Å²) in [4.78, 5) is 0. The minimum absolute atomic E-state index is 0.831. The zero-order valence-electron chi connectivity index (χ0n) is 6.21. The van der Waals surface area contributed by atoms with Gasteiger partial charge in [-0.1, -0.05) is 21.6 Å². The summed E-state index contributed by atoms with van der Waals surface area (Å²) in [6.45, 7) is 3.73. The van der Waals surface area contributed by atoms with E-state index in [1.165, 1.54) is 0 Å². The fourth-order valence-electron chi connectivity index (χ4n) is 0.392. The smallest absolute Gasteiger partial charge is 0.0564 e. The third-order valence-electron chi connectivity index (χ3n) is 0.773. The first-order valence-electron chi connectivity index (χ1n) is 3.34. The van der Waals surface area contributed by atoms with Gasteiger partial charge in [0, 0.05) is 23.9 Å². The van der Waals surface area contributed by atoms with E-state index in [0.717, 1.165) is 30.5 Å². The lowest BCUT2D eigenvalue weighted by Crippen LogP contribution is -1.94. The average molecular weight is 198 g/mol. The molecule has 0 radical (unpaired) electrons. The van der Waals surface area contributed by atoms with Crippen molar-refractivity contribution < 1.29 is 4.74 Å². The predicted molar refractivity (Wildman–Crippen MR) is 55.3 cm³/mol. The molecule has 0 unspecified atom stereocenters. The fourth-order valence-corrected chi connectivity index (χ4v) is 2.69. The van der Waals surface area contributed by atoms with Gasteiger partial charge in [-0.2, -0.15) is 12.6 Å². The SMILES string of the molecule is CCOCCSSCCS.